The van der Waals surface area contributed by atoms with E-state index < -0.39 is 11.9 Å². The lowest BCUT2D eigenvalue weighted by atomic mass is 9.86. The number of hydrogen-bond donors (Lipinski definition) is 0. The Morgan fingerprint density at radius 3 is 2.69 bits per heavy atom. The number of fused-ring (bicyclic) bond motifs is 2. The van der Waals surface area contributed by atoms with E-state index >= 15 is 0 Å². The average molecular weight is 537 g/mol. The van der Waals surface area contributed by atoms with Crippen LogP contribution in [0.1, 0.15) is 57.7 Å². The van der Waals surface area contributed by atoms with Crippen molar-refractivity contribution in [2.24, 2.45) is 7.05 Å². The first-order valence-corrected chi connectivity index (χ1v) is 12.9. The monoisotopic (exact) mass is 536 g/mol. The number of benzene rings is 1. The van der Waals surface area contributed by atoms with Crippen molar-refractivity contribution in [1.82, 2.24) is 29.2 Å². The molecule has 0 saturated carbocycles. The summed E-state index contributed by atoms with van der Waals surface area (Å²) in [6.45, 7) is 3.21. The summed E-state index contributed by atoms with van der Waals surface area (Å²) in [7, 11) is 1.47. The molecule has 0 N–H and O–H groups in total. The van der Waals surface area contributed by atoms with Gasteiger partial charge in [0, 0.05) is 68.0 Å². The minimum absolute atomic E-state index is 0.0248. The molecule has 1 atom stereocenters. The van der Waals surface area contributed by atoms with Crippen molar-refractivity contribution < 1.29 is 22.7 Å². The zero-order chi connectivity index (χ0) is 27.3. The number of ether oxygens (including phenoxy) is 1. The molecule has 202 valence electrons. The third-order valence-corrected chi connectivity index (χ3v) is 7.42. The van der Waals surface area contributed by atoms with Crippen molar-refractivity contribution >= 4 is 5.91 Å². The maximum Gasteiger partial charge on any atom is 0.435 e. The van der Waals surface area contributed by atoms with Crippen LogP contribution in [0.5, 0.6) is 5.88 Å². The molecule has 39 heavy (non-hydrogen) atoms. The average Bonchev–Trinajstić information content (AvgIpc) is 3.58. The molecule has 0 spiro atoms. The zero-order valence-electron chi connectivity index (χ0n) is 21.6. The van der Waals surface area contributed by atoms with E-state index in [4.69, 9.17) is 4.74 Å². The first-order chi connectivity index (χ1) is 18.7. The van der Waals surface area contributed by atoms with Crippen LogP contribution in [-0.2, 0) is 32.6 Å². The van der Waals surface area contributed by atoms with E-state index in [9.17, 15) is 18.0 Å². The Morgan fingerprint density at radius 2 is 1.95 bits per heavy atom. The second-order valence-electron chi connectivity index (χ2n) is 9.96. The SMILES string of the molecule is CCc1cnc2c(c1)[C@@H](N1CCc3c(cc(Cn4ccnc4)cc3-c3cn(C)nc3C(F)(F)F)C1=O)CCO2. The zero-order valence-corrected chi connectivity index (χ0v) is 21.6. The third-order valence-electron chi connectivity index (χ3n) is 7.42. The number of aromatic nitrogens is 5. The summed E-state index contributed by atoms with van der Waals surface area (Å²) in [5.41, 5.74) is 3.06. The second kappa shape index (κ2) is 9.55. The molecule has 5 heterocycles. The number of aryl methyl sites for hydroxylation is 2. The van der Waals surface area contributed by atoms with Crippen LogP contribution in [0.3, 0.4) is 0 Å². The molecule has 4 aromatic rings. The van der Waals surface area contributed by atoms with Crippen molar-refractivity contribution in [2.75, 3.05) is 13.2 Å². The van der Waals surface area contributed by atoms with Gasteiger partial charge < -0.3 is 14.2 Å². The summed E-state index contributed by atoms with van der Waals surface area (Å²) in [5, 5.41) is 3.72. The molecule has 11 heteroatoms. The minimum Gasteiger partial charge on any atom is -0.477 e. The number of nitrogens with zero attached hydrogens (tertiary/aromatic N) is 6. The van der Waals surface area contributed by atoms with Gasteiger partial charge in [-0.25, -0.2) is 9.97 Å². The number of alkyl halides is 3. The van der Waals surface area contributed by atoms with E-state index in [1.807, 2.05) is 22.5 Å². The predicted molar refractivity (Wildman–Crippen MR) is 136 cm³/mol. The molecule has 1 amide bonds. The molecule has 1 aromatic carbocycles. The highest BCUT2D eigenvalue weighted by Gasteiger charge is 2.40. The molecular formula is C28H27F3N6O2. The molecule has 0 fully saturated rings. The van der Waals surface area contributed by atoms with E-state index in [1.165, 1.54) is 17.9 Å². The van der Waals surface area contributed by atoms with Crippen molar-refractivity contribution in [2.45, 2.75) is 44.9 Å². The summed E-state index contributed by atoms with van der Waals surface area (Å²) in [4.78, 5) is 24.5. The Hall–Kier alpha value is -4.15. The first-order valence-electron chi connectivity index (χ1n) is 12.9. The van der Waals surface area contributed by atoms with Gasteiger partial charge in [-0.1, -0.05) is 6.92 Å². The molecule has 0 bridgehead atoms. The van der Waals surface area contributed by atoms with Gasteiger partial charge in [0.1, 0.15) is 0 Å². The fourth-order valence-corrected chi connectivity index (χ4v) is 5.61. The van der Waals surface area contributed by atoms with E-state index in [2.05, 4.69) is 15.1 Å². The van der Waals surface area contributed by atoms with Crippen molar-refractivity contribution in [3.05, 3.63) is 82.8 Å². The van der Waals surface area contributed by atoms with Gasteiger partial charge in [-0.15, -0.1) is 0 Å². The van der Waals surface area contributed by atoms with Crippen LogP contribution in [0.15, 0.2) is 49.3 Å². The number of rotatable bonds is 5. The van der Waals surface area contributed by atoms with Crippen LogP contribution in [0.25, 0.3) is 11.1 Å². The number of carbonyl (C=O) groups excluding carboxylic acids is 1. The number of pyridine rings is 1. The molecule has 6 rings (SSSR count). The van der Waals surface area contributed by atoms with Gasteiger partial charge in [0.05, 0.1) is 19.0 Å². The quantitative estimate of drug-likeness (QED) is 0.365. The highest BCUT2D eigenvalue weighted by molar-refractivity contribution is 5.99. The van der Waals surface area contributed by atoms with E-state index in [0.717, 1.165) is 17.5 Å². The molecular weight excluding hydrogens is 509 g/mol. The molecule has 3 aromatic heterocycles. The number of hydrogen-bond acceptors (Lipinski definition) is 5. The Bertz CT molecular complexity index is 1540. The van der Waals surface area contributed by atoms with Gasteiger partial charge >= 0.3 is 6.18 Å². The van der Waals surface area contributed by atoms with Gasteiger partial charge in [0.2, 0.25) is 5.88 Å². The van der Waals surface area contributed by atoms with Crippen molar-refractivity contribution in [3.8, 4) is 17.0 Å². The summed E-state index contributed by atoms with van der Waals surface area (Å²) < 4.78 is 50.7. The largest absolute Gasteiger partial charge is 0.477 e. The topological polar surface area (TPSA) is 78.1 Å². The lowest BCUT2D eigenvalue weighted by Gasteiger charge is -2.39. The smallest absolute Gasteiger partial charge is 0.435 e. The van der Waals surface area contributed by atoms with Crippen molar-refractivity contribution in [1.29, 1.82) is 0 Å². The summed E-state index contributed by atoms with van der Waals surface area (Å²) in [6, 6.07) is 5.37. The molecule has 0 aliphatic carbocycles. The van der Waals surface area contributed by atoms with Crippen LogP contribution in [-0.4, -0.2) is 48.3 Å². The first kappa shape index (κ1) is 25.1. The maximum atomic E-state index is 14.1. The third kappa shape index (κ3) is 4.55. The predicted octanol–water partition coefficient (Wildman–Crippen LogP) is 4.83. The second-order valence-corrected chi connectivity index (χ2v) is 9.96. The Labute approximate surface area is 223 Å². The lowest BCUT2D eigenvalue weighted by molar-refractivity contribution is -0.140. The fraction of sp³-hybridized carbons (Fsp3) is 0.357. The highest BCUT2D eigenvalue weighted by atomic mass is 19.4. The summed E-state index contributed by atoms with van der Waals surface area (Å²) in [6.07, 6.45) is 5.41. The van der Waals surface area contributed by atoms with Gasteiger partial charge in [0.15, 0.2) is 5.69 Å². The van der Waals surface area contributed by atoms with E-state index in [0.29, 0.717) is 60.7 Å². The molecule has 0 radical (unpaired) electrons. The molecule has 0 saturated heterocycles. The minimum atomic E-state index is -4.63. The van der Waals surface area contributed by atoms with Gasteiger partial charge in [-0.2, -0.15) is 18.3 Å². The number of imidazole rings is 1. The Kier molecular flexibility index (Phi) is 6.16. The Balaban J connectivity index is 1.47. The number of carbonyl (C=O) groups is 1. The van der Waals surface area contributed by atoms with Crippen molar-refractivity contribution in [3.63, 3.8) is 0 Å². The van der Waals surface area contributed by atoms with Gasteiger partial charge in [-0.3, -0.25) is 9.48 Å². The highest BCUT2D eigenvalue weighted by Crippen LogP contribution is 2.42. The summed E-state index contributed by atoms with van der Waals surface area (Å²) in [5.74, 6) is 0.323. The van der Waals surface area contributed by atoms with Crippen LogP contribution >= 0.6 is 0 Å². The molecule has 8 nitrogen and oxygen atoms in total. The van der Waals surface area contributed by atoms with Crippen LogP contribution in [0, 0.1) is 0 Å². The number of halogens is 3. The van der Waals surface area contributed by atoms with E-state index in [-0.39, 0.29) is 17.5 Å². The van der Waals surface area contributed by atoms with Gasteiger partial charge in [-0.05, 0) is 53.3 Å². The van der Waals surface area contributed by atoms with Crippen LogP contribution in [0.4, 0.5) is 13.2 Å². The normalized spacial score (nSPS) is 17.1. The van der Waals surface area contributed by atoms with Gasteiger partial charge in [0.25, 0.3) is 5.91 Å². The maximum absolute atomic E-state index is 14.1. The van der Waals surface area contributed by atoms with Crippen LogP contribution < -0.4 is 4.74 Å². The number of amides is 1. The lowest BCUT2D eigenvalue weighted by Crippen LogP contribution is -2.42. The molecule has 2 aliphatic heterocycles. The van der Waals surface area contributed by atoms with E-state index in [1.54, 1.807) is 37.1 Å². The molecule has 2 aliphatic rings. The Morgan fingerprint density at radius 1 is 1.13 bits per heavy atom. The summed E-state index contributed by atoms with van der Waals surface area (Å²) >= 11 is 0. The fourth-order valence-electron chi connectivity index (χ4n) is 5.61. The standard InChI is InChI=1S/C28H27F3N6O2/c1-3-17-10-22-24(5-9-39-26(22)33-13-17)37-7-4-19-20(23-15-35(2)34-25(23)28(29,30)31)11-18(12-21(19)27(37)38)14-36-8-6-32-16-36/h6,8,10-13,15-16,24H,3-5,7,9,14H2,1-2H3/t24-/m0/s1. The van der Waals surface area contributed by atoms with Crippen LogP contribution in [0.2, 0.25) is 0 Å². The molecule has 0 unspecified atom stereocenters.